The van der Waals surface area contributed by atoms with Crippen LogP contribution in [-0.2, 0) is 6.54 Å². The molecular formula is C15H14FN5. The lowest BCUT2D eigenvalue weighted by Gasteiger charge is -2.08. The minimum atomic E-state index is -0.336. The maximum Gasteiger partial charge on any atom is 0.149 e. The number of nitrogens with one attached hydrogen (secondary N) is 1. The molecule has 3 aromatic rings. The highest BCUT2D eigenvalue weighted by molar-refractivity contribution is 5.39. The van der Waals surface area contributed by atoms with Crippen LogP contribution in [0, 0.1) is 12.7 Å². The molecule has 6 heteroatoms. The van der Waals surface area contributed by atoms with Gasteiger partial charge in [-0.1, -0.05) is 12.1 Å². The molecule has 1 N–H and O–H groups in total. The minimum absolute atomic E-state index is 0.336. The Morgan fingerprint density at radius 1 is 1.24 bits per heavy atom. The summed E-state index contributed by atoms with van der Waals surface area (Å²) in [4.78, 5) is 8.06. The van der Waals surface area contributed by atoms with Crippen molar-refractivity contribution in [3.63, 3.8) is 0 Å². The van der Waals surface area contributed by atoms with Gasteiger partial charge in [0, 0.05) is 12.7 Å². The number of benzene rings is 1. The molecule has 0 saturated heterocycles. The molecular weight excluding hydrogens is 269 g/mol. The number of rotatable bonds is 4. The third-order valence-corrected chi connectivity index (χ3v) is 3.06. The van der Waals surface area contributed by atoms with Crippen molar-refractivity contribution < 1.29 is 4.39 Å². The Kier molecular flexibility index (Phi) is 3.59. The van der Waals surface area contributed by atoms with Gasteiger partial charge in [-0.2, -0.15) is 5.10 Å². The highest BCUT2D eigenvalue weighted by Crippen LogP contribution is 2.15. The fourth-order valence-corrected chi connectivity index (χ4v) is 1.94. The number of aromatic nitrogens is 4. The number of hydrogen-bond acceptors (Lipinski definition) is 4. The lowest BCUT2D eigenvalue weighted by molar-refractivity contribution is 0.608. The van der Waals surface area contributed by atoms with Gasteiger partial charge >= 0.3 is 0 Å². The van der Waals surface area contributed by atoms with Crippen molar-refractivity contribution in [3.05, 3.63) is 66.1 Å². The average Bonchev–Trinajstić information content (AvgIpc) is 3.01. The van der Waals surface area contributed by atoms with Crippen molar-refractivity contribution in [3.8, 4) is 5.69 Å². The summed E-state index contributed by atoms with van der Waals surface area (Å²) in [5, 5.41) is 7.08. The highest BCUT2D eigenvalue weighted by atomic mass is 19.1. The smallest absolute Gasteiger partial charge is 0.149 e. The summed E-state index contributed by atoms with van der Waals surface area (Å²) in [5.41, 5.74) is 2.31. The fourth-order valence-electron chi connectivity index (χ4n) is 1.94. The molecule has 0 unspecified atom stereocenters. The normalized spacial score (nSPS) is 10.6. The molecule has 0 amide bonds. The van der Waals surface area contributed by atoms with E-state index in [1.54, 1.807) is 12.3 Å². The molecule has 5 nitrogen and oxygen atoms in total. The third-order valence-electron chi connectivity index (χ3n) is 3.06. The van der Waals surface area contributed by atoms with Gasteiger partial charge in [0.2, 0.25) is 0 Å². The van der Waals surface area contributed by atoms with Crippen LogP contribution in [0.2, 0.25) is 0 Å². The largest absolute Gasteiger partial charge is 0.366 e. The highest BCUT2D eigenvalue weighted by Gasteiger charge is 2.06. The van der Waals surface area contributed by atoms with E-state index in [0.29, 0.717) is 12.2 Å². The van der Waals surface area contributed by atoms with E-state index in [9.17, 15) is 4.39 Å². The first-order valence-corrected chi connectivity index (χ1v) is 6.52. The van der Waals surface area contributed by atoms with Crippen molar-refractivity contribution in [1.29, 1.82) is 0 Å². The molecule has 0 spiro atoms. The van der Waals surface area contributed by atoms with Crippen molar-refractivity contribution in [2.45, 2.75) is 13.5 Å². The van der Waals surface area contributed by atoms with E-state index in [1.807, 2.05) is 25.1 Å². The molecule has 0 aliphatic rings. The SMILES string of the molecule is Cc1ccc(NCc2ccc(-n3cncn3)c(F)c2)nc1. The van der Waals surface area contributed by atoms with Gasteiger partial charge in [-0.05, 0) is 36.2 Å². The van der Waals surface area contributed by atoms with Crippen LogP contribution in [0.1, 0.15) is 11.1 Å². The summed E-state index contributed by atoms with van der Waals surface area (Å²) in [6.45, 7) is 2.49. The summed E-state index contributed by atoms with van der Waals surface area (Å²) in [7, 11) is 0. The third kappa shape index (κ3) is 3.05. The van der Waals surface area contributed by atoms with Gasteiger partial charge in [-0.15, -0.1) is 0 Å². The van der Waals surface area contributed by atoms with Crippen molar-refractivity contribution >= 4 is 5.82 Å². The number of anilines is 1. The Labute approximate surface area is 121 Å². The first-order valence-electron chi connectivity index (χ1n) is 6.52. The summed E-state index contributed by atoms with van der Waals surface area (Å²) in [6, 6.07) is 8.89. The molecule has 0 saturated carbocycles. The van der Waals surface area contributed by atoms with Gasteiger partial charge in [0.15, 0.2) is 0 Å². The molecule has 0 bridgehead atoms. The number of pyridine rings is 1. The van der Waals surface area contributed by atoms with Crippen LogP contribution in [-0.4, -0.2) is 19.7 Å². The quantitative estimate of drug-likeness (QED) is 0.800. The van der Waals surface area contributed by atoms with Crippen LogP contribution >= 0.6 is 0 Å². The lowest BCUT2D eigenvalue weighted by Crippen LogP contribution is -2.04. The maximum atomic E-state index is 14.1. The molecule has 1 aromatic carbocycles. The molecule has 0 atom stereocenters. The lowest BCUT2D eigenvalue weighted by atomic mass is 10.2. The van der Waals surface area contributed by atoms with E-state index in [0.717, 1.165) is 16.9 Å². The Morgan fingerprint density at radius 2 is 2.14 bits per heavy atom. The standard InChI is InChI=1S/C15H14FN5/c1-11-2-5-15(18-7-11)19-8-12-3-4-14(13(16)6-12)21-10-17-9-20-21/h2-7,9-10H,8H2,1H3,(H,18,19). The second-order valence-electron chi connectivity index (χ2n) is 4.70. The Morgan fingerprint density at radius 3 is 2.81 bits per heavy atom. The van der Waals surface area contributed by atoms with E-state index in [2.05, 4.69) is 20.4 Å². The van der Waals surface area contributed by atoms with Crippen LogP contribution in [0.4, 0.5) is 10.2 Å². The molecule has 3 rings (SSSR count). The number of aryl methyl sites for hydroxylation is 1. The zero-order valence-electron chi connectivity index (χ0n) is 11.5. The second-order valence-corrected chi connectivity index (χ2v) is 4.70. The number of halogens is 1. The Balaban J connectivity index is 1.72. The van der Waals surface area contributed by atoms with E-state index in [-0.39, 0.29) is 5.82 Å². The predicted molar refractivity (Wildman–Crippen MR) is 77.6 cm³/mol. The molecule has 2 aromatic heterocycles. The topological polar surface area (TPSA) is 55.6 Å². The number of nitrogens with zero attached hydrogens (tertiary/aromatic N) is 4. The summed E-state index contributed by atoms with van der Waals surface area (Å²) >= 11 is 0. The van der Waals surface area contributed by atoms with Crippen LogP contribution in [0.3, 0.4) is 0 Å². The zero-order chi connectivity index (χ0) is 14.7. The van der Waals surface area contributed by atoms with Crippen molar-refractivity contribution in [2.24, 2.45) is 0 Å². The molecule has 0 aliphatic heterocycles. The van der Waals surface area contributed by atoms with E-state index in [4.69, 9.17) is 0 Å². The van der Waals surface area contributed by atoms with E-state index < -0.39 is 0 Å². The average molecular weight is 283 g/mol. The van der Waals surface area contributed by atoms with Crippen LogP contribution in [0.25, 0.3) is 5.69 Å². The Bertz CT molecular complexity index is 722. The molecule has 2 heterocycles. The summed E-state index contributed by atoms with van der Waals surface area (Å²) < 4.78 is 15.5. The Hall–Kier alpha value is -2.76. The van der Waals surface area contributed by atoms with Gasteiger partial charge in [0.1, 0.15) is 30.0 Å². The van der Waals surface area contributed by atoms with Crippen LogP contribution in [0.5, 0.6) is 0 Å². The van der Waals surface area contributed by atoms with Crippen molar-refractivity contribution in [1.82, 2.24) is 19.7 Å². The summed E-state index contributed by atoms with van der Waals surface area (Å²) in [6.07, 6.45) is 4.63. The number of hydrogen-bond donors (Lipinski definition) is 1. The fraction of sp³-hybridized carbons (Fsp3) is 0.133. The van der Waals surface area contributed by atoms with E-state index >= 15 is 0 Å². The summed E-state index contributed by atoms with van der Waals surface area (Å²) in [5.74, 6) is 0.429. The van der Waals surface area contributed by atoms with Crippen LogP contribution < -0.4 is 5.32 Å². The predicted octanol–water partition coefficient (Wildman–Crippen LogP) is 2.72. The van der Waals surface area contributed by atoms with Gasteiger partial charge in [-0.25, -0.2) is 19.0 Å². The van der Waals surface area contributed by atoms with Crippen molar-refractivity contribution in [2.75, 3.05) is 5.32 Å². The van der Waals surface area contributed by atoms with Gasteiger partial charge < -0.3 is 5.32 Å². The van der Waals surface area contributed by atoms with Gasteiger partial charge in [0.05, 0.1) is 0 Å². The van der Waals surface area contributed by atoms with E-state index in [1.165, 1.54) is 23.4 Å². The second kappa shape index (κ2) is 5.70. The monoisotopic (exact) mass is 283 g/mol. The zero-order valence-corrected chi connectivity index (χ0v) is 11.5. The minimum Gasteiger partial charge on any atom is -0.366 e. The molecule has 106 valence electrons. The molecule has 21 heavy (non-hydrogen) atoms. The first kappa shape index (κ1) is 13.2. The van der Waals surface area contributed by atoms with Gasteiger partial charge in [0.25, 0.3) is 0 Å². The molecule has 0 radical (unpaired) electrons. The molecule has 0 fully saturated rings. The molecule has 0 aliphatic carbocycles. The van der Waals surface area contributed by atoms with Crippen LogP contribution in [0.15, 0.2) is 49.2 Å². The maximum absolute atomic E-state index is 14.1. The van der Waals surface area contributed by atoms with Gasteiger partial charge in [-0.3, -0.25) is 0 Å². The first-order chi connectivity index (χ1) is 10.2.